The van der Waals surface area contributed by atoms with E-state index in [2.05, 4.69) is 186 Å². The van der Waals surface area contributed by atoms with Crippen molar-refractivity contribution < 1.29 is 0 Å². The van der Waals surface area contributed by atoms with Crippen LogP contribution in [0.1, 0.15) is 0 Å². The predicted octanol–water partition coefficient (Wildman–Crippen LogP) is 12.4. The Morgan fingerprint density at radius 3 is 1.09 bits per heavy atom. The molecule has 0 atom stereocenters. The first kappa shape index (κ1) is 25.9. The molecule has 0 heterocycles. The van der Waals surface area contributed by atoms with Gasteiger partial charge in [-0.05, 0) is 94.7 Å². The van der Waals surface area contributed by atoms with Crippen molar-refractivity contribution in [2.24, 2.45) is 0 Å². The van der Waals surface area contributed by atoms with Crippen LogP contribution in [0.3, 0.4) is 0 Å². The molecular formula is C42H27I. The van der Waals surface area contributed by atoms with Gasteiger partial charge in [0, 0.05) is 14.3 Å². The Hall–Kier alpha value is -4.73. The van der Waals surface area contributed by atoms with E-state index in [-0.39, 0.29) is 0 Å². The zero-order valence-electron chi connectivity index (χ0n) is 23.5. The number of hydrogen-bond acceptors (Lipinski definition) is 0. The van der Waals surface area contributed by atoms with E-state index in [4.69, 9.17) is 0 Å². The third-order valence-electron chi connectivity index (χ3n) is 8.50. The minimum absolute atomic E-state index is 1.21. The molecule has 0 aliphatic rings. The van der Waals surface area contributed by atoms with Gasteiger partial charge in [0.1, 0.15) is 0 Å². The largest absolute Gasteiger partial charge is 0.0622 e. The van der Waals surface area contributed by atoms with Crippen LogP contribution in [-0.2, 0) is 0 Å². The van der Waals surface area contributed by atoms with Gasteiger partial charge in [0.25, 0.3) is 0 Å². The highest BCUT2D eigenvalue weighted by atomic mass is 127. The van der Waals surface area contributed by atoms with Crippen molar-refractivity contribution in [2.75, 3.05) is 0 Å². The quantitative estimate of drug-likeness (QED) is 0.130. The Morgan fingerprint density at radius 2 is 0.605 bits per heavy atom. The fourth-order valence-corrected chi connectivity index (χ4v) is 7.55. The van der Waals surface area contributed by atoms with Crippen LogP contribution >= 0.6 is 22.6 Å². The summed E-state index contributed by atoms with van der Waals surface area (Å²) < 4.78 is 1.26. The summed E-state index contributed by atoms with van der Waals surface area (Å²) in [6.45, 7) is 0. The van der Waals surface area contributed by atoms with Gasteiger partial charge in [0.15, 0.2) is 0 Å². The number of rotatable bonds is 4. The zero-order chi connectivity index (χ0) is 28.8. The van der Waals surface area contributed by atoms with Gasteiger partial charge in [-0.25, -0.2) is 0 Å². The number of halogens is 1. The van der Waals surface area contributed by atoms with Crippen molar-refractivity contribution in [1.29, 1.82) is 0 Å². The van der Waals surface area contributed by atoms with Gasteiger partial charge < -0.3 is 0 Å². The van der Waals surface area contributed by atoms with Crippen LogP contribution in [0.2, 0.25) is 0 Å². The van der Waals surface area contributed by atoms with E-state index in [1.807, 2.05) is 0 Å². The monoisotopic (exact) mass is 658 g/mol. The lowest BCUT2D eigenvalue weighted by atomic mass is 9.76. The molecule has 1 heteroatoms. The third-order valence-corrected chi connectivity index (χ3v) is 9.40. The second-order valence-corrected chi connectivity index (χ2v) is 12.1. The second-order valence-electron chi connectivity index (χ2n) is 10.9. The highest BCUT2D eigenvalue weighted by Gasteiger charge is 2.27. The zero-order valence-corrected chi connectivity index (χ0v) is 25.6. The van der Waals surface area contributed by atoms with E-state index in [1.165, 1.54) is 80.4 Å². The number of benzene rings is 8. The molecule has 43 heavy (non-hydrogen) atoms. The molecule has 0 fully saturated rings. The minimum Gasteiger partial charge on any atom is -0.0622 e. The summed E-state index contributed by atoms with van der Waals surface area (Å²) in [6.07, 6.45) is 0. The molecular weight excluding hydrogens is 631 g/mol. The Balaban J connectivity index is 1.80. The van der Waals surface area contributed by atoms with Crippen LogP contribution in [0.25, 0.3) is 76.8 Å². The van der Waals surface area contributed by atoms with Crippen molar-refractivity contribution >= 4 is 54.9 Å². The summed E-state index contributed by atoms with van der Waals surface area (Å²) in [5.41, 5.74) is 9.95. The van der Waals surface area contributed by atoms with Crippen molar-refractivity contribution in [1.82, 2.24) is 0 Å². The average Bonchev–Trinajstić information content (AvgIpc) is 3.09. The molecule has 0 unspecified atom stereocenters. The summed E-state index contributed by atoms with van der Waals surface area (Å²) in [7, 11) is 0. The predicted molar refractivity (Wildman–Crippen MR) is 193 cm³/mol. The van der Waals surface area contributed by atoms with Crippen LogP contribution in [0.5, 0.6) is 0 Å². The molecule has 0 amide bonds. The Morgan fingerprint density at radius 1 is 0.256 bits per heavy atom. The SMILES string of the molecule is Ic1cccc2c3ccccc3c3c(-c4ccccc4)c(-c4ccccc4)c(-c4ccccc4)c(-c4ccccc4)c3c12. The van der Waals surface area contributed by atoms with Crippen molar-refractivity contribution in [3.63, 3.8) is 0 Å². The summed E-state index contributed by atoms with van der Waals surface area (Å²) in [5.74, 6) is 0. The lowest BCUT2D eigenvalue weighted by molar-refractivity contribution is 1.57. The van der Waals surface area contributed by atoms with Gasteiger partial charge in [0.2, 0.25) is 0 Å². The van der Waals surface area contributed by atoms with Crippen LogP contribution in [0, 0.1) is 3.57 Å². The topological polar surface area (TPSA) is 0 Å². The maximum absolute atomic E-state index is 2.55. The molecule has 0 bridgehead atoms. The fourth-order valence-electron chi connectivity index (χ4n) is 6.78. The van der Waals surface area contributed by atoms with Gasteiger partial charge in [-0.2, -0.15) is 0 Å². The molecule has 0 spiro atoms. The summed E-state index contributed by atoms with van der Waals surface area (Å²) in [5, 5.41) is 7.77. The lowest BCUT2D eigenvalue weighted by Crippen LogP contribution is -1.99. The number of hydrogen-bond donors (Lipinski definition) is 0. The normalized spacial score (nSPS) is 11.4. The van der Waals surface area contributed by atoms with Gasteiger partial charge in [-0.3, -0.25) is 0 Å². The molecule has 0 saturated carbocycles. The fraction of sp³-hybridized carbons (Fsp3) is 0. The minimum atomic E-state index is 1.21. The Labute approximate surface area is 265 Å². The molecule has 0 nitrogen and oxygen atoms in total. The van der Waals surface area contributed by atoms with Crippen LogP contribution in [-0.4, -0.2) is 0 Å². The molecule has 8 aromatic carbocycles. The average molecular weight is 659 g/mol. The van der Waals surface area contributed by atoms with Crippen molar-refractivity contribution in [2.45, 2.75) is 0 Å². The highest BCUT2D eigenvalue weighted by Crippen LogP contribution is 2.54. The van der Waals surface area contributed by atoms with Crippen LogP contribution < -0.4 is 0 Å². The maximum atomic E-state index is 2.55. The molecule has 0 aliphatic heterocycles. The lowest BCUT2D eigenvalue weighted by Gasteiger charge is -2.26. The molecule has 0 N–H and O–H groups in total. The molecule has 0 aliphatic carbocycles. The van der Waals surface area contributed by atoms with E-state index < -0.39 is 0 Å². The van der Waals surface area contributed by atoms with E-state index in [0.717, 1.165) is 0 Å². The van der Waals surface area contributed by atoms with Crippen LogP contribution in [0.15, 0.2) is 164 Å². The summed E-state index contributed by atoms with van der Waals surface area (Å²) in [6, 6.07) is 59.6. The van der Waals surface area contributed by atoms with Gasteiger partial charge >= 0.3 is 0 Å². The molecule has 8 aromatic rings. The molecule has 0 saturated heterocycles. The van der Waals surface area contributed by atoms with Crippen LogP contribution in [0.4, 0.5) is 0 Å². The standard InChI is InChI=1S/C42H27I/c43-35-27-15-26-33-32-24-13-14-25-34(32)41-38(30-20-9-3-10-21-30)36(28-16-5-1-6-17-28)37(29-18-7-2-8-19-29)39(42(41)40(33)35)31-22-11-4-12-23-31/h1-27H. The summed E-state index contributed by atoms with van der Waals surface area (Å²) >= 11 is 2.55. The maximum Gasteiger partial charge on any atom is 0.0215 e. The van der Waals surface area contributed by atoms with Gasteiger partial charge in [-0.1, -0.05) is 158 Å². The first-order valence-electron chi connectivity index (χ1n) is 14.7. The van der Waals surface area contributed by atoms with Crippen molar-refractivity contribution in [3.8, 4) is 44.5 Å². The first-order valence-corrected chi connectivity index (χ1v) is 15.7. The highest BCUT2D eigenvalue weighted by molar-refractivity contribution is 14.1. The van der Waals surface area contributed by atoms with Gasteiger partial charge in [0.05, 0.1) is 0 Å². The molecule has 0 aromatic heterocycles. The smallest absolute Gasteiger partial charge is 0.0215 e. The first-order chi connectivity index (χ1) is 21.3. The van der Waals surface area contributed by atoms with E-state index in [9.17, 15) is 0 Å². The van der Waals surface area contributed by atoms with E-state index in [0.29, 0.717) is 0 Å². The Kier molecular flexibility index (Phi) is 6.54. The summed E-state index contributed by atoms with van der Waals surface area (Å²) in [4.78, 5) is 0. The number of fused-ring (bicyclic) bond motifs is 6. The molecule has 0 radical (unpaired) electrons. The van der Waals surface area contributed by atoms with E-state index in [1.54, 1.807) is 0 Å². The van der Waals surface area contributed by atoms with Gasteiger partial charge in [-0.15, -0.1) is 0 Å². The van der Waals surface area contributed by atoms with E-state index >= 15 is 0 Å². The molecule has 202 valence electrons. The molecule has 8 rings (SSSR count). The van der Waals surface area contributed by atoms with Crippen molar-refractivity contribution in [3.05, 3.63) is 167 Å². The Bertz CT molecular complexity index is 2250. The third kappa shape index (κ3) is 4.26. The second kappa shape index (κ2) is 10.8.